The molecule has 160 valence electrons. The van der Waals surface area contributed by atoms with Crippen molar-refractivity contribution in [3.8, 4) is 11.5 Å². The Morgan fingerprint density at radius 3 is 2.27 bits per heavy atom. The number of nitrogens with zero attached hydrogens (tertiary/aromatic N) is 4. The second-order valence-corrected chi connectivity index (χ2v) is 7.75. The molecule has 2 aliphatic heterocycles. The molecule has 0 radical (unpaired) electrons. The highest BCUT2D eigenvalue weighted by Crippen LogP contribution is 2.25. The van der Waals surface area contributed by atoms with Crippen LogP contribution in [-0.2, 0) is 15.7 Å². The van der Waals surface area contributed by atoms with Crippen molar-refractivity contribution in [2.75, 3.05) is 6.61 Å². The monoisotopic (exact) mass is 438 g/mol. The molecule has 0 fully saturated rings. The molecule has 1 aromatic carbocycles. The van der Waals surface area contributed by atoms with Gasteiger partial charge in [-0.25, -0.2) is 18.9 Å². The van der Waals surface area contributed by atoms with E-state index in [1.54, 1.807) is 26.0 Å². The Labute approximate surface area is 168 Å². The van der Waals surface area contributed by atoms with Gasteiger partial charge >= 0.3 is 13.5 Å². The zero-order valence-corrected chi connectivity index (χ0v) is 16.9. The van der Waals surface area contributed by atoms with Gasteiger partial charge in [0.15, 0.2) is 11.5 Å². The summed E-state index contributed by atoms with van der Waals surface area (Å²) < 4.78 is 23.8. The predicted octanol–water partition coefficient (Wildman–Crippen LogP) is -1.31. The first-order chi connectivity index (χ1) is 14.1. The summed E-state index contributed by atoms with van der Waals surface area (Å²) in [5.41, 5.74) is -0.699. The van der Waals surface area contributed by atoms with E-state index in [-0.39, 0.29) is 15.7 Å². The molecule has 0 amide bonds. The fourth-order valence-electron chi connectivity index (χ4n) is 3.07. The predicted molar refractivity (Wildman–Crippen MR) is 103 cm³/mol. The van der Waals surface area contributed by atoms with E-state index in [0.29, 0.717) is 5.52 Å². The molecule has 2 aliphatic rings. The maximum absolute atomic E-state index is 12.6. The van der Waals surface area contributed by atoms with Crippen LogP contribution in [0.15, 0.2) is 21.7 Å². The van der Waals surface area contributed by atoms with Gasteiger partial charge < -0.3 is 25.0 Å². The third kappa shape index (κ3) is 3.71. The number of aliphatic hydroxyl groups excluding tert-OH is 4. The molecular weight excluding hydrogens is 419 g/mol. The molecule has 1 aromatic rings. The molecule has 0 saturated heterocycles. The molecule has 0 saturated carbocycles. The number of rotatable bonds is 6. The van der Waals surface area contributed by atoms with E-state index in [1.807, 2.05) is 0 Å². The number of hydrogen-bond acceptors (Lipinski definition) is 10. The van der Waals surface area contributed by atoms with Crippen LogP contribution in [0, 0.1) is 13.8 Å². The van der Waals surface area contributed by atoms with E-state index < -0.39 is 56.2 Å². The highest BCUT2D eigenvalue weighted by Gasteiger charge is 2.28. The van der Waals surface area contributed by atoms with Crippen LogP contribution in [0.25, 0.3) is 22.6 Å². The lowest BCUT2D eigenvalue weighted by Crippen LogP contribution is -2.42. The average molecular weight is 438 g/mol. The summed E-state index contributed by atoms with van der Waals surface area (Å²) >= 11 is 0. The van der Waals surface area contributed by atoms with Gasteiger partial charge in [0.25, 0.3) is 5.56 Å². The molecule has 30 heavy (non-hydrogen) atoms. The summed E-state index contributed by atoms with van der Waals surface area (Å²) in [5.74, 6) is -0.293. The molecule has 0 aliphatic carbocycles. The zero-order chi connectivity index (χ0) is 22.3. The van der Waals surface area contributed by atoms with E-state index in [0.717, 1.165) is 11.1 Å². The second-order valence-electron chi connectivity index (χ2n) is 6.88. The van der Waals surface area contributed by atoms with Crippen molar-refractivity contribution in [1.82, 2.24) is 18.9 Å². The third-order valence-electron chi connectivity index (χ3n) is 4.87. The summed E-state index contributed by atoms with van der Waals surface area (Å²) in [5, 5.41) is 38.9. The van der Waals surface area contributed by atoms with E-state index in [1.165, 1.54) is 4.57 Å². The summed E-state index contributed by atoms with van der Waals surface area (Å²) in [6, 6.07) is 3.31. The lowest BCUT2D eigenvalue weighted by molar-refractivity contribution is -0.0802. The van der Waals surface area contributed by atoms with Gasteiger partial charge in [-0.3, -0.25) is 4.79 Å². The molecule has 13 heteroatoms. The van der Waals surface area contributed by atoms with Crippen LogP contribution in [0.4, 0.5) is 0 Å². The van der Waals surface area contributed by atoms with Gasteiger partial charge in [-0.2, -0.15) is 4.98 Å². The van der Waals surface area contributed by atoms with Crippen molar-refractivity contribution in [3.63, 3.8) is 0 Å². The van der Waals surface area contributed by atoms with Crippen molar-refractivity contribution < 1.29 is 29.6 Å². The lowest BCUT2D eigenvalue weighted by atomic mass is 10.1. The Morgan fingerprint density at radius 2 is 1.67 bits per heavy atom. The van der Waals surface area contributed by atoms with Crippen LogP contribution < -0.4 is 11.2 Å². The molecule has 3 atom stereocenters. The van der Waals surface area contributed by atoms with Crippen molar-refractivity contribution in [1.29, 1.82) is 0 Å². The first-order valence-electron chi connectivity index (χ1n) is 8.81. The van der Waals surface area contributed by atoms with Gasteiger partial charge in [-0.05, 0) is 37.1 Å². The fraction of sp³-hybridized carbons (Fsp3) is 0.412. The van der Waals surface area contributed by atoms with Gasteiger partial charge in [0, 0.05) is 0 Å². The third-order valence-corrected chi connectivity index (χ3v) is 5.55. The molecule has 3 rings (SSSR count). The minimum Gasteiger partial charge on any atom is -0.394 e. The Kier molecular flexibility index (Phi) is 5.97. The largest absolute Gasteiger partial charge is 0.438 e. The molecular formula is C17H19N4O8P. The maximum atomic E-state index is 12.6. The van der Waals surface area contributed by atoms with E-state index in [9.17, 15) is 34.0 Å². The highest BCUT2D eigenvalue weighted by molar-refractivity contribution is 7.28. The Hall–Kier alpha value is -2.76. The van der Waals surface area contributed by atoms with Crippen molar-refractivity contribution in [2.45, 2.75) is 38.7 Å². The number of benzene rings is 1. The SMILES string of the molecule is Cc1cc2nc3c(=O)n(P(=O)=O)c(=O)nc-3n(CC(O)C(O)C(O)CO)c2cc1C. The van der Waals surface area contributed by atoms with Gasteiger partial charge in [0.1, 0.15) is 18.3 Å². The lowest BCUT2D eigenvalue weighted by Gasteiger charge is -2.25. The molecule has 2 heterocycles. The topological polar surface area (TPSA) is 185 Å². The first-order valence-corrected chi connectivity index (χ1v) is 9.94. The smallest absolute Gasteiger partial charge is 0.394 e. The summed E-state index contributed by atoms with van der Waals surface area (Å²) in [6.45, 7) is 2.36. The first kappa shape index (κ1) is 21.9. The van der Waals surface area contributed by atoms with Crippen LogP contribution in [-0.4, -0.2) is 64.2 Å². The Bertz CT molecular complexity index is 1270. The number of hydrogen-bond donors (Lipinski definition) is 4. The molecule has 3 unspecified atom stereocenters. The molecule has 0 bridgehead atoms. The molecule has 0 spiro atoms. The number of fused-ring (bicyclic) bond motifs is 2. The Balaban J connectivity index is 2.37. The number of aromatic nitrogens is 4. The minimum atomic E-state index is -3.58. The van der Waals surface area contributed by atoms with Crippen LogP contribution in [0.2, 0.25) is 0 Å². The fourth-order valence-corrected chi connectivity index (χ4v) is 3.50. The van der Waals surface area contributed by atoms with Crippen molar-refractivity contribution in [3.05, 3.63) is 44.1 Å². The Morgan fingerprint density at radius 1 is 1.03 bits per heavy atom. The van der Waals surface area contributed by atoms with Crippen molar-refractivity contribution >= 4 is 18.9 Å². The molecule has 4 N–H and O–H groups in total. The highest BCUT2D eigenvalue weighted by atomic mass is 31.1. The zero-order valence-electron chi connectivity index (χ0n) is 16.0. The standard InChI is InChI=1S/C17H19N4O8P/c1-7-3-9-10(4-8(7)2)20(5-11(23)14(25)12(24)6-22)15-13(18-9)16(26)21(30(28)29)17(27)19-15/h3-4,11-12,14,22-25H,5-6H2,1-2H3. The molecule has 0 aromatic heterocycles. The van der Waals surface area contributed by atoms with Crippen LogP contribution >= 0.6 is 7.83 Å². The van der Waals surface area contributed by atoms with Crippen LogP contribution in [0.5, 0.6) is 0 Å². The van der Waals surface area contributed by atoms with Gasteiger partial charge in [0.05, 0.1) is 24.2 Å². The minimum absolute atomic E-state index is 0.0390. The number of aryl methyl sites for hydroxylation is 2. The van der Waals surface area contributed by atoms with Crippen LogP contribution in [0.1, 0.15) is 11.1 Å². The van der Waals surface area contributed by atoms with E-state index >= 15 is 0 Å². The number of aliphatic hydroxyl groups is 4. The summed E-state index contributed by atoms with van der Waals surface area (Å²) in [7, 11) is -3.58. The summed E-state index contributed by atoms with van der Waals surface area (Å²) in [4.78, 5) is 32.5. The van der Waals surface area contributed by atoms with Gasteiger partial charge in [0.2, 0.25) is 0 Å². The quantitative estimate of drug-likeness (QED) is 0.266. The average Bonchev–Trinajstić information content (AvgIpc) is 2.68. The van der Waals surface area contributed by atoms with E-state index in [4.69, 9.17) is 5.11 Å². The van der Waals surface area contributed by atoms with Crippen LogP contribution in [0.3, 0.4) is 0 Å². The summed E-state index contributed by atoms with van der Waals surface area (Å²) in [6.07, 6.45) is -4.99. The van der Waals surface area contributed by atoms with Crippen molar-refractivity contribution in [2.24, 2.45) is 0 Å². The van der Waals surface area contributed by atoms with Gasteiger partial charge in [-0.15, -0.1) is 4.34 Å². The normalized spacial score (nSPS) is 14.7. The van der Waals surface area contributed by atoms with Gasteiger partial charge in [-0.1, -0.05) is 0 Å². The maximum Gasteiger partial charge on any atom is 0.438 e. The molecule has 12 nitrogen and oxygen atoms in total. The second kappa shape index (κ2) is 8.17. The van der Waals surface area contributed by atoms with E-state index in [2.05, 4.69) is 9.97 Å².